The lowest BCUT2D eigenvalue weighted by atomic mass is 9.52. The lowest BCUT2D eigenvalue weighted by Crippen LogP contribution is -2.53. The van der Waals surface area contributed by atoms with E-state index >= 15 is 0 Å². The second-order valence-electron chi connectivity index (χ2n) is 8.44. The van der Waals surface area contributed by atoms with Gasteiger partial charge in [0.05, 0.1) is 6.61 Å². The summed E-state index contributed by atoms with van der Waals surface area (Å²) in [4.78, 5) is 0. The Morgan fingerprint density at radius 3 is 2.05 bits per heavy atom. The van der Waals surface area contributed by atoms with Gasteiger partial charge in [0.15, 0.2) is 6.29 Å². The van der Waals surface area contributed by atoms with Crippen LogP contribution in [0.3, 0.4) is 0 Å². The standard InChI is InChI=1S/C18H36O2/c1-8-9-10-13-19-15-11-12-18(14-20-15,16(2,3)4)17(5,6)7/h15H,8-14H2,1-7H3. The average Bonchev–Trinajstić information content (AvgIpc) is 2.32. The van der Waals surface area contributed by atoms with Crippen molar-refractivity contribution in [3.05, 3.63) is 0 Å². The molecule has 1 aliphatic rings. The number of ether oxygens (including phenoxy) is 2. The molecule has 0 N–H and O–H groups in total. The van der Waals surface area contributed by atoms with Gasteiger partial charge in [0.1, 0.15) is 0 Å². The maximum absolute atomic E-state index is 6.10. The highest BCUT2D eigenvalue weighted by atomic mass is 16.7. The van der Waals surface area contributed by atoms with Gasteiger partial charge in [0, 0.05) is 12.0 Å². The largest absolute Gasteiger partial charge is 0.353 e. The van der Waals surface area contributed by atoms with Gasteiger partial charge in [0.25, 0.3) is 0 Å². The minimum atomic E-state index is 0.0182. The second-order valence-corrected chi connectivity index (χ2v) is 8.44. The normalized spacial score (nSPS) is 23.9. The van der Waals surface area contributed by atoms with Crippen LogP contribution in [-0.2, 0) is 9.47 Å². The summed E-state index contributed by atoms with van der Waals surface area (Å²) in [6.07, 6.45) is 5.89. The highest BCUT2D eigenvalue weighted by Crippen LogP contribution is 2.56. The van der Waals surface area contributed by atoms with E-state index in [0.717, 1.165) is 26.1 Å². The van der Waals surface area contributed by atoms with Crippen molar-refractivity contribution in [2.75, 3.05) is 13.2 Å². The molecule has 1 heterocycles. The van der Waals surface area contributed by atoms with E-state index in [-0.39, 0.29) is 22.5 Å². The van der Waals surface area contributed by atoms with Crippen molar-refractivity contribution in [2.45, 2.75) is 86.9 Å². The van der Waals surface area contributed by atoms with Gasteiger partial charge in [-0.05, 0) is 30.1 Å². The number of rotatable bonds is 5. The van der Waals surface area contributed by atoms with E-state index in [1.807, 2.05) is 0 Å². The molecule has 1 saturated heterocycles. The number of hydrogen-bond acceptors (Lipinski definition) is 2. The van der Waals surface area contributed by atoms with Crippen LogP contribution in [0.1, 0.15) is 80.6 Å². The zero-order chi connectivity index (χ0) is 15.4. The van der Waals surface area contributed by atoms with Gasteiger partial charge in [-0.1, -0.05) is 61.3 Å². The van der Waals surface area contributed by atoms with Gasteiger partial charge in [-0.2, -0.15) is 0 Å². The third-order valence-corrected chi connectivity index (χ3v) is 5.25. The molecule has 1 fully saturated rings. The van der Waals surface area contributed by atoms with Crippen LogP contribution in [0.2, 0.25) is 0 Å². The molecule has 0 aromatic rings. The summed E-state index contributed by atoms with van der Waals surface area (Å²) in [6.45, 7) is 18.0. The van der Waals surface area contributed by atoms with Crippen molar-refractivity contribution in [3.63, 3.8) is 0 Å². The highest BCUT2D eigenvalue weighted by molar-refractivity contribution is 5.00. The number of hydrogen-bond donors (Lipinski definition) is 0. The number of unbranched alkanes of at least 4 members (excludes halogenated alkanes) is 2. The van der Waals surface area contributed by atoms with Crippen molar-refractivity contribution in [1.29, 1.82) is 0 Å². The van der Waals surface area contributed by atoms with E-state index in [1.165, 1.54) is 19.3 Å². The highest BCUT2D eigenvalue weighted by Gasteiger charge is 2.52. The fourth-order valence-corrected chi connectivity index (χ4v) is 3.76. The molecular formula is C18H36O2. The monoisotopic (exact) mass is 284 g/mol. The quantitative estimate of drug-likeness (QED) is 0.629. The molecule has 2 nitrogen and oxygen atoms in total. The van der Waals surface area contributed by atoms with Crippen LogP contribution in [0, 0.1) is 16.2 Å². The fraction of sp³-hybridized carbons (Fsp3) is 1.00. The lowest BCUT2D eigenvalue weighted by molar-refractivity contribution is -0.235. The van der Waals surface area contributed by atoms with Gasteiger partial charge in [-0.15, -0.1) is 0 Å². The Hall–Kier alpha value is -0.0800. The van der Waals surface area contributed by atoms with Gasteiger partial charge in [0.2, 0.25) is 0 Å². The molecule has 0 amide bonds. The Labute approximate surface area is 126 Å². The molecular weight excluding hydrogens is 248 g/mol. The van der Waals surface area contributed by atoms with E-state index in [0.29, 0.717) is 0 Å². The van der Waals surface area contributed by atoms with E-state index < -0.39 is 0 Å². The van der Waals surface area contributed by atoms with E-state index in [2.05, 4.69) is 48.5 Å². The summed E-state index contributed by atoms with van der Waals surface area (Å²) >= 11 is 0. The topological polar surface area (TPSA) is 18.5 Å². The van der Waals surface area contributed by atoms with Crippen LogP contribution in [0.5, 0.6) is 0 Å². The van der Waals surface area contributed by atoms with Crippen molar-refractivity contribution in [2.24, 2.45) is 16.2 Å². The Balaban J connectivity index is 2.57. The molecule has 1 aliphatic heterocycles. The van der Waals surface area contributed by atoms with Crippen molar-refractivity contribution < 1.29 is 9.47 Å². The average molecular weight is 284 g/mol. The molecule has 1 rings (SSSR count). The first-order chi connectivity index (χ1) is 9.14. The minimum absolute atomic E-state index is 0.0182. The van der Waals surface area contributed by atoms with E-state index in [4.69, 9.17) is 9.47 Å². The molecule has 1 atom stereocenters. The third-order valence-electron chi connectivity index (χ3n) is 5.25. The second kappa shape index (κ2) is 6.79. The summed E-state index contributed by atoms with van der Waals surface area (Å²) < 4.78 is 12.0. The fourth-order valence-electron chi connectivity index (χ4n) is 3.76. The maximum atomic E-state index is 6.10. The van der Waals surface area contributed by atoms with E-state index in [1.54, 1.807) is 0 Å². The van der Waals surface area contributed by atoms with Crippen LogP contribution >= 0.6 is 0 Å². The first kappa shape index (κ1) is 18.0. The Morgan fingerprint density at radius 2 is 1.65 bits per heavy atom. The smallest absolute Gasteiger partial charge is 0.157 e. The van der Waals surface area contributed by atoms with Crippen molar-refractivity contribution in [3.8, 4) is 0 Å². The lowest BCUT2D eigenvalue weighted by Gasteiger charge is -2.56. The molecule has 0 spiro atoms. The van der Waals surface area contributed by atoms with Gasteiger partial charge < -0.3 is 9.47 Å². The Kier molecular flexibility index (Phi) is 6.10. The molecule has 0 aromatic carbocycles. The minimum Gasteiger partial charge on any atom is -0.353 e. The Bertz CT molecular complexity index is 259. The molecule has 2 heteroatoms. The van der Waals surface area contributed by atoms with Crippen LogP contribution in [0.15, 0.2) is 0 Å². The zero-order valence-corrected chi connectivity index (χ0v) is 14.8. The predicted octanol–water partition coefficient (Wildman–Crippen LogP) is 5.41. The molecule has 0 radical (unpaired) electrons. The maximum Gasteiger partial charge on any atom is 0.157 e. The third kappa shape index (κ3) is 3.98. The van der Waals surface area contributed by atoms with Crippen LogP contribution in [0.4, 0.5) is 0 Å². The predicted molar refractivity (Wildman–Crippen MR) is 85.8 cm³/mol. The molecule has 0 aliphatic carbocycles. The summed E-state index contributed by atoms with van der Waals surface area (Å²) in [5, 5.41) is 0. The van der Waals surface area contributed by atoms with Gasteiger partial charge in [-0.25, -0.2) is 0 Å². The SMILES string of the molecule is CCCCCOC1CCC(C(C)(C)C)(C(C)(C)C)CO1. The Morgan fingerprint density at radius 1 is 1.05 bits per heavy atom. The van der Waals surface area contributed by atoms with Gasteiger partial charge in [-0.3, -0.25) is 0 Å². The van der Waals surface area contributed by atoms with Gasteiger partial charge >= 0.3 is 0 Å². The molecule has 0 bridgehead atoms. The molecule has 0 saturated carbocycles. The van der Waals surface area contributed by atoms with Crippen molar-refractivity contribution in [1.82, 2.24) is 0 Å². The zero-order valence-electron chi connectivity index (χ0n) is 14.8. The molecule has 1 unspecified atom stereocenters. The summed E-state index contributed by atoms with van der Waals surface area (Å²) in [5.74, 6) is 0. The van der Waals surface area contributed by atoms with Crippen molar-refractivity contribution >= 4 is 0 Å². The summed E-state index contributed by atoms with van der Waals surface area (Å²) in [5.41, 5.74) is 0.722. The van der Waals surface area contributed by atoms with Crippen LogP contribution in [-0.4, -0.2) is 19.5 Å². The van der Waals surface area contributed by atoms with E-state index in [9.17, 15) is 0 Å². The first-order valence-corrected chi connectivity index (χ1v) is 8.37. The first-order valence-electron chi connectivity index (χ1n) is 8.37. The van der Waals surface area contributed by atoms with Crippen LogP contribution in [0.25, 0.3) is 0 Å². The molecule has 0 aromatic heterocycles. The summed E-state index contributed by atoms with van der Waals surface area (Å²) in [7, 11) is 0. The van der Waals surface area contributed by atoms with Crippen LogP contribution < -0.4 is 0 Å². The molecule has 20 heavy (non-hydrogen) atoms. The molecule has 120 valence electrons. The summed E-state index contributed by atoms with van der Waals surface area (Å²) in [6, 6.07) is 0.